The van der Waals surface area contributed by atoms with Crippen molar-refractivity contribution < 1.29 is 14.1 Å². The van der Waals surface area contributed by atoms with Crippen LogP contribution in [-0.2, 0) is 11.2 Å². The fraction of sp³-hybridized carbons (Fsp3) is 0.706. The molecule has 3 rings (SSSR count). The summed E-state index contributed by atoms with van der Waals surface area (Å²) in [5.41, 5.74) is 1.21. The maximum atomic E-state index is 12.5. The molecular formula is C17H26N4O3. The van der Waals surface area contributed by atoms with Crippen molar-refractivity contribution >= 4 is 11.8 Å². The van der Waals surface area contributed by atoms with E-state index in [9.17, 15) is 9.59 Å². The first-order chi connectivity index (χ1) is 11.5. The first-order valence-corrected chi connectivity index (χ1v) is 8.76. The largest absolute Gasteiger partial charge is 0.360 e. The van der Waals surface area contributed by atoms with Gasteiger partial charge in [0.1, 0.15) is 11.3 Å². The molecular weight excluding hydrogens is 308 g/mol. The lowest BCUT2D eigenvalue weighted by Gasteiger charge is -2.46. The van der Waals surface area contributed by atoms with Crippen molar-refractivity contribution in [2.24, 2.45) is 0 Å². The molecule has 1 unspecified atom stereocenters. The van der Waals surface area contributed by atoms with Crippen molar-refractivity contribution in [3.05, 3.63) is 17.0 Å². The van der Waals surface area contributed by atoms with Crippen LogP contribution in [0.1, 0.15) is 48.0 Å². The molecule has 1 aromatic heterocycles. The van der Waals surface area contributed by atoms with Crippen LogP contribution in [0.3, 0.4) is 0 Å². The number of nitrogens with zero attached hydrogens (tertiary/aromatic N) is 3. The molecule has 1 atom stereocenters. The molecule has 2 fully saturated rings. The molecule has 7 heteroatoms. The SMILES string of the molecule is CCCc1onc(C)c1C(=O)NC1CN(C2CCCN(C)C2=O)C1. The van der Waals surface area contributed by atoms with Gasteiger partial charge in [-0.15, -0.1) is 0 Å². The number of hydrogen-bond acceptors (Lipinski definition) is 5. The van der Waals surface area contributed by atoms with Crippen LogP contribution in [0.25, 0.3) is 0 Å². The van der Waals surface area contributed by atoms with Crippen LogP contribution in [0.4, 0.5) is 0 Å². The van der Waals surface area contributed by atoms with Gasteiger partial charge in [0.2, 0.25) is 5.91 Å². The zero-order valence-electron chi connectivity index (χ0n) is 14.7. The molecule has 1 N–H and O–H groups in total. The Morgan fingerprint density at radius 2 is 2.17 bits per heavy atom. The van der Waals surface area contributed by atoms with E-state index in [1.54, 1.807) is 11.8 Å². The number of aromatic nitrogens is 1. The number of likely N-dealkylation sites (tertiary alicyclic amines) is 2. The van der Waals surface area contributed by atoms with Crippen LogP contribution >= 0.6 is 0 Å². The topological polar surface area (TPSA) is 78.7 Å². The molecule has 2 aliphatic heterocycles. The maximum Gasteiger partial charge on any atom is 0.257 e. The second-order valence-electron chi connectivity index (χ2n) is 6.86. The Morgan fingerprint density at radius 3 is 2.88 bits per heavy atom. The molecule has 0 bridgehead atoms. The Morgan fingerprint density at radius 1 is 1.42 bits per heavy atom. The fourth-order valence-corrected chi connectivity index (χ4v) is 3.57. The highest BCUT2D eigenvalue weighted by Crippen LogP contribution is 2.22. The van der Waals surface area contributed by atoms with Gasteiger partial charge in [-0.2, -0.15) is 0 Å². The van der Waals surface area contributed by atoms with Crippen molar-refractivity contribution in [1.29, 1.82) is 0 Å². The lowest BCUT2D eigenvalue weighted by atomic mass is 9.97. The Bertz CT molecular complexity index is 621. The quantitative estimate of drug-likeness (QED) is 0.868. The molecule has 1 aromatic rings. The van der Waals surface area contributed by atoms with E-state index in [1.165, 1.54) is 0 Å². The number of nitrogens with one attached hydrogen (secondary N) is 1. The van der Waals surface area contributed by atoms with Gasteiger partial charge in [-0.05, 0) is 26.2 Å². The van der Waals surface area contributed by atoms with Gasteiger partial charge < -0.3 is 14.7 Å². The summed E-state index contributed by atoms with van der Waals surface area (Å²) in [6.07, 6.45) is 3.57. The van der Waals surface area contributed by atoms with Crippen molar-refractivity contribution in [3.63, 3.8) is 0 Å². The molecule has 2 amide bonds. The van der Waals surface area contributed by atoms with Crippen LogP contribution in [0, 0.1) is 6.92 Å². The van der Waals surface area contributed by atoms with Gasteiger partial charge in [0, 0.05) is 33.1 Å². The predicted molar refractivity (Wildman–Crippen MR) is 88.7 cm³/mol. The minimum Gasteiger partial charge on any atom is -0.360 e. The number of piperidine rings is 1. The maximum absolute atomic E-state index is 12.5. The third-order valence-electron chi connectivity index (χ3n) is 4.96. The van der Waals surface area contributed by atoms with Crippen molar-refractivity contribution in [2.45, 2.75) is 51.6 Å². The first-order valence-electron chi connectivity index (χ1n) is 8.76. The van der Waals surface area contributed by atoms with Gasteiger partial charge in [-0.3, -0.25) is 14.5 Å². The van der Waals surface area contributed by atoms with Gasteiger partial charge in [0.05, 0.1) is 17.8 Å². The molecule has 132 valence electrons. The van der Waals surface area contributed by atoms with Gasteiger partial charge in [0.15, 0.2) is 0 Å². The zero-order chi connectivity index (χ0) is 17.3. The van der Waals surface area contributed by atoms with Crippen LogP contribution in [0.2, 0.25) is 0 Å². The van der Waals surface area contributed by atoms with E-state index in [-0.39, 0.29) is 23.9 Å². The number of carbonyl (C=O) groups is 2. The molecule has 2 aliphatic rings. The molecule has 0 aromatic carbocycles. The van der Waals surface area contributed by atoms with E-state index in [4.69, 9.17) is 4.52 Å². The molecule has 7 nitrogen and oxygen atoms in total. The summed E-state index contributed by atoms with van der Waals surface area (Å²) in [6, 6.07) is 0.0613. The zero-order valence-corrected chi connectivity index (χ0v) is 14.7. The number of rotatable bonds is 5. The standard InChI is InChI=1S/C17H26N4O3/c1-4-6-14-15(11(2)19-24-14)16(22)18-12-9-21(10-12)13-7-5-8-20(3)17(13)23/h12-13H,4-10H2,1-3H3,(H,18,22). The highest BCUT2D eigenvalue weighted by molar-refractivity contribution is 5.96. The predicted octanol–water partition coefficient (Wildman–Crippen LogP) is 0.970. The highest BCUT2D eigenvalue weighted by atomic mass is 16.5. The average Bonchev–Trinajstić information content (AvgIpc) is 2.87. The molecule has 2 saturated heterocycles. The number of hydrogen-bond donors (Lipinski definition) is 1. The normalized spacial score (nSPS) is 22.5. The van der Waals surface area contributed by atoms with Crippen LogP contribution in [-0.4, -0.2) is 65.5 Å². The van der Waals surface area contributed by atoms with Crippen LogP contribution < -0.4 is 5.32 Å². The molecule has 0 saturated carbocycles. The third-order valence-corrected chi connectivity index (χ3v) is 4.96. The van der Waals surface area contributed by atoms with E-state index in [0.717, 1.165) is 38.9 Å². The fourth-order valence-electron chi connectivity index (χ4n) is 3.57. The molecule has 24 heavy (non-hydrogen) atoms. The summed E-state index contributed by atoms with van der Waals surface area (Å²) in [7, 11) is 1.86. The molecule has 0 radical (unpaired) electrons. The Kier molecular flexibility index (Phi) is 4.89. The Labute approximate surface area is 142 Å². The van der Waals surface area contributed by atoms with E-state index >= 15 is 0 Å². The van der Waals surface area contributed by atoms with Gasteiger partial charge >= 0.3 is 0 Å². The summed E-state index contributed by atoms with van der Waals surface area (Å²) >= 11 is 0. The summed E-state index contributed by atoms with van der Waals surface area (Å²) < 4.78 is 5.26. The summed E-state index contributed by atoms with van der Waals surface area (Å²) in [5.74, 6) is 0.743. The van der Waals surface area contributed by atoms with E-state index in [1.807, 2.05) is 14.0 Å². The minimum absolute atomic E-state index is 0.0233. The van der Waals surface area contributed by atoms with Crippen LogP contribution in [0.15, 0.2) is 4.52 Å². The lowest BCUT2D eigenvalue weighted by Crippen LogP contribution is -2.65. The summed E-state index contributed by atoms with van der Waals surface area (Å²) in [5, 5.41) is 6.97. The number of aryl methyl sites for hydroxylation is 2. The Balaban J connectivity index is 1.55. The van der Waals surface area contributed by atoms with Crippen LogP contribution in [0.5, 0.6) is 0 Å². The highest BCUT2D eigenvalue weighted by Gasteiger charge is 2.39. The smallest absolute Gasteiger partial charge is 0.257 e. The monoisotopic (exact) mass is 334 g/mol. The molecule has 0 aliphatic carbocycles. The lowest BCUT2D eigenvalue weighted by molar-refractivity contribution is -0.141. The molecule has 3 heterocycles. The number of likely N-dealkylation sites (N-methyl/N-ethyl adjacent to an activating group) is 1. The number of amides is 2. The van der Waals surface area contributed by atoms with E-state index in [2.05, 4.69) is 15.4 Å². The third kappa shape index (κ3) is 3.17. The summed E-state index contributed by atoms with van der Waals surface area (Å²) in [6.45, 7) is 6.13. The molecule has 0 spiro atoms. The number of carbonyl (C=O) groups excluding carboxylic acids is 2. The van der Waals surface area contributed by atoms with Gasteiger partial charge in [-0.25, -0.2) is 0 Å². The average molecular weight is 334 g/mol. The first kappa shape index (κ1) is 17.0. The van der Waals surface area contributed by atoms with Crippen molar-refractivity contribution in [2.75, 3.05) is 26.7 Å². The van der Waals surface area contributed by atoms with Crippen molar-refractivity contribution in [3.8, 4) is 0 Å². The second kappa shape index (κ2) is 6.93. The Hall–Kier alpha value is -1.89. The summed E-state index contributed by atoms with van der Waals surface area (Å²) in [4.78, 5) is 28.7. The van der Waals surface area contributed by atoms with Gasteiger partial charge in [-0.1, -0.05) is 12.1 Å². The second-order valence-corrected chi connectivity index (χ2v) is 6.86. The minimum atomic E-state index is -0.117. The van der Waals surface area contributed by atoms with E-state index in [0.29, 0.717) is 23.4 Å². The van der Waals surface area contributed by atoms with Gasteiger partial charge in [0.25, 0.3) is 5.91 Å². The van der Waals surface area contributed by atoms with E-state index < -0.39 is 0 Å². The van der Waals surface area contributed by atoms with Crippen molar-refractivity contribution in [1.82, 2.24) is 20.3 Å².